The first-order chi connectivity index (χ1) is 8.84. The Kier molecular flexibility index (Phi) is 3.43. The van der Waals surface area contributed by atoms with Crippen LogP contribution in [-0.2, 0) is 0 Å². The third-order valence-electron chi connectivity index (χ3n) is 3.41. The third-order valence-corrected chi connectivity index (χ3v) is 4.04. The van der Waals surface area contributed by atoms with Gasteiger partial charge in [0, 0.05) is 11.0 Å². The van der Waals surface area contributed by atoms with E-state index in [0.29, 0.717) is 5.92 Å². The highest BCUT2D eigenvalue weighted by atomic mass is 79.9. The van der Waals surface area contributed by atoms with E-state index in [2.05, 4.69) is 49.5 Å². The number of hydrogen-bond acceptors (Lipinski definition) is 3. The molecule has 0 bridgehead atoms. The second-order valence-corrected chi connectivity index (χ2v) is 5.45. The van der Waals surface area contributed by atoms with Crippen molar-refractivity contribution in [2.24, 2.45) is 0 Å². The lowest BCUT2D eigenvalue weighted by atomic mass is 9.92. The van der Waals surface area contributed by atoms with Crippen molar-refractivity contribution >= 4 is 15.9 Å². The summed E-state index contributed by atoms with van der Waals surface area (Å²) < 4.78 is 2.84. The summed E-state index contributed by atoms with van der Waals surface area (Å²) in [5.41, 5.74) is 2.41. The first-order valence-corrected chi connectivity index (χ1v) is 6.99. The van der Waals surface area contributed by atoms with Crippen LogP contribution in [0.4, 0.5) is 0 Å². The Morgan fingerprint density at radius 3 is 3.00 bits per heavy atom. The van der Waals surface area contributed by atoms with Crippen molar-refractivity contribution in [1.82, 2.24) is 20.1 Å². The normalized spacial score (nSPS) is 19.9. The van der Waals surface area contributed by atoms with Crippen molar-refractivity contribution in [3.63, 3.8) is 0 Å². The Morgan fingerprint density at radius 2 is 2.33 bits per heavy atom. The van der Waals surface area contributed by atoms with Gasteiger partial charge in [0.25, 0.3) is 0 Å². The lowest BCUT2D eigenvalue weighted by molar-refractivity contribution is 0.461. The zero-order valence-electron chi connectivity index (χ0n) is 10.0. The Hall–Kier alpha value is -1.20. The van der Waals surface area contributed by atoms with Gasteiger partial charge < -0.3 is 5.32 Å². The molecule has 2 aromatic rings. The van der Waals surface area contributed by atoms with Crippen LogP contribution in [0, 0.1) is 0 Å². The van der Waals surface area contributed by atoms with E-state index in [1.807, 2.05) is 0 Å². The zero-order valence-corrected chi connectivity index (χ0v) is 11.6. The van der Waals surface area contributed by atoms with E-state index < -0.39 is 0 Å². The van der Waals surface area contributed by atoms with Crippen LogP contribution in [-0.4, -0.2) is 27.9 Å². The topological polar surface area (TPSA) is 42.7 Å². The summed E-state index contributed by atoms with van der Waals surface area (Å²) in [6.45, 7) is 2.23. The summed E-state index contributed by atoms with van der Waals surface area (Å²) in [5, 5.41) is 7.60. The molecule has 2 heterocycles. The maximum Gasteiger partial charge on any atom is 0.138 e. The number of piperidine rings is 1. The summed E-state index contributed by atoms with van der Waals surface area (Å²) in [6.07, 6.45) is 5.78. The third kappa shape index (κ3) is 2.33. The minimum Gasteiger partial charge on any atom is -0.316 e. The predicted molar refractivity (Wildman–Crippen MR) is 73.9 cm³/mol. The van der Waals surface area contributed by atoms with Crippen LogP contribution in [0.2, 0.25) is 0 Å². The van der Waals surface area contributed by atoms with Gasteiger partial charge in [-0.25, -0.2) is 9.67 Å². The smallest absolute Gasteiger partial charge is 0.138 e. The molecule has 1 aliphatic heterocycles. The first kappa shape index (κ1) is 11.9. The lowest BCUT2D eigenvalue weighted by Crippen LogP contribution is -2.28. The van der Waals surface area contributed by atoms with Gasteiger partial charge in [-0.2, -0.15) is 5.10 Å². The van der Waals surface area contributed by atoms with Crippen LogP contribution in [0.5, 0.6) is 0 Å². The fourth-order valence-corrected chi connectivity index (χ4v) is 3.01. The molecular formula is C13H15BrN4. The van der Waals surface area contributed by atoms with Gasteiger partial charge in [0.1, 0.15) is 12.7 Å². The molecular weight excluding hydrogens is 292 g/mol. The minimum atomic E-state index is 0.625. The number of nitrogens with one attached hydrogen (secondary N) is 1. The van der Waals surface area contributed by atoms with Gasteiger partial charge in [-0.05, 0) is 58.9 Å². The van der Waals surface area contributed by atoms with E-state index in [4.69, 9.17) is 0 Å². The molecule has 3 rings (SSSR count). The number of hydrogen-bond donors (Lipinski definition) is 1. The summed E-state index contributed by atoms with van der Waals surface area (Å²) in [5.74, 6) is 0.625. The molecule has 1 aromatic heterocycles. The predicted octanol–water partition coefficient (Wildman–Crippen LogP) is 2.50. The van der Waals surface area contributed by atoms with Crippen LogP contribution in [0.3, 0.4) is 0 Å². The fraction of sp³-hybridized carbons (Fsp3) is 0.385. The average Bonchev–Trinajstić information content (AvgIpc) is 2.93. The van der Waals surface area contributed by atoms with E-state index in [9.17, 15) is 0 Å². The SMILES string of the molecule is Brc1cc(C2CCCNC2)ccc1-n1cncn1. The summed E-state index contributed by atoms with van der Waals surface area (Å²) in [7, 11) is 0. The maximum absolute atomic E-state index is 4.15. The number of aromatic nitrogens is 3. The molecule has 0 amide bonds. The molecule has 0 radical (unpaired) electrons. The van der Waals surface area contributed by atoms with Gasteiger partial charge in [-0.3, -0.25) is 0 Å². The van der Waals surface area contributed by atoms with E-state index in [1.54, 1.807) is 17.3 Å². The molecule has 0 spiro atoms. The molecule has 1 saturated heterocycles. The Balaban J connectivity index is 1.89. The number of benzene rings is 1. The van der Waals surface area contributed by atoms with E-state index in [1.165, 1.54) is 18.4 Å². The van der Waals surface area contributed by atoms with Crippen molar-refractivity contribution in [2.45, 2.75) is 18.8 Å². The highest BCUT2D eigenvalue weighted by molar-refractivity contribution is 9.10. The highest BCUT2D eigenvalue weighted by Crippen LogP contribution is 2.28. The molecule has 94 valence electrons. The molecule has 1 aliphatic rings. The molecule has 4 nitrogen and oxygen atoms in total. The number of nitrogens with zero attached hydrogens (tertiary/aromatic N) is 3. The van der Waals surface area contributed by atoms with Gasteiger partial charge in [0.2, 0.25) is 0 Å². The van der Waals surface area contributed by atoms with Gasteiger partial charge in [0.15, 0.2) is 0 Å². The lowest BCUT2D eigenvalue weighted by Gasteiger charge is -2.23. The Labute approximate surface area is 115 Å². The van der Waals surface area contributed by atoms with Crippen LogP contribution in [0.25, 0.3) is 5.69 Å². The van der Waals surface area contributed by atoms with E-state index >= 15 is 0 Å². The number of halogens is 1. The second-order valence-electron chi connectivity index (χ2n) is 4.59. The zero-order chi connectivity index (χ0) is 12.4. The van der Waals surface area contributed by atoms with Crippen molar-refractivity contribution in [2.75, 3.05) is 13.1 Å². The van der Waals surface area contributed by atoms with Crippen molar-refractivity contribution < 1.29 is 0 Å². The largest absolute Gasteiger partial charge is 0.316 e. The fourth-order valence-electron chi connectivity index (χ4n) is 2.43. The van der Waals surface area contributed by atoms with Gasteiger partial charge >= 0.3 is 0 Å². The average molecular weight is 307 g/mol. The monoisotopic (exact) mass is 306 g/mol. The minimum absolute atomic E-state index is 0.625. The molecule has 1 fully saturated rings. The summed E-state index contributed by atoms with van der Waals surface area (Å²) >= 11 is 3.63. The quantitative estimate of drug-likeness (QED) is 0.927. The van der Waals surface area contributed by atoms with E-state index in [0.717, 1.165) is 23.2 Å². The van der Waals surface area contributed by atoms with Crippen LogP contribution in [0.15, 0.2) is 35.3 Å². The highest BCUT2D eigenvalue weighted by Gasteiger charge is 2.16. The molecule has 1 atom stereocenters. The van der Waals surface area contributed by atoms with Crippen molar-refractivity contribution in [3.8, 4) is 5.69 Å². The Morgan fingerprint density at radius 1 is 1.39 bits per heavy atom. The molecule has 0 saturated carbocycles. The van der Waals surface area contributed by atoms with E-state index in [-0.39, 0.29) is 0 Å². The number of rotatable bonds is 2. The van der Waals surface area contributed by atoms with Gasteiger partial charge in [-0.1, -0.05) is 6.07 Å². The van der Waals surface area contributed by atoms with Crippen molar-refractivity contribution in [1.29, 1.82) is 0 Å². The second kappa shape index (κ2) is 5.20. The maximum atomic E-state index is 4.15. The molecule has 0 aliphatic carbocycles. The van der Waals surface area contributed by atoms with Gasteiger partial charge in [-0.15, -0.1) is 0 Å². The van der Waals surface area contributed by atoms with Crippen molar-refractivity contribution in [3.05, 3.63) is 40.9 Å². The Bertz CT molecular complexity index is 518. The standard InChI is InChI=1S/C13H15BrN4/c14-12-6-10(11-2-1-5-15-7-11)3-4-13(12)18-9-16-8-17-18/h3-4,6,8-9,11,15H,1-2,5,7H2. The summed E-state index contributed by atoms with van der Waals surface area (Å²) in [4.78, 5) is 3.97. The van der Waals surface area contributed by atoms with Crippen LogP contribution in [0.1, 0.15) is 24.3 Å². The molecule has 18 heavy (non-hydrogen) atoms. The summed E-state index contributed by atoms with van der Waals surface area (Å²) in [6, 6.07) is 6.50. The molecule has 1 N–H and O–H groups in total. The van der Waals surface area contributed by atoms with Crippen LogP contribution >= 0.6 is 15.9 Å². The molecule has 1 unspecified atom stereocenters. The first-order valence-electron chi connectivity index (χ1n) is 6.20. The van der Waals surface area contributed by atoms with Gasteiger partial charge in [0.05, 0.1) is 5.69 Å². The van der Waals surface area contributed by atoms with Crippen LogP contribution < -0.4 is 5.32 Å². The molecule has 1 aromatic carbocycles. The molecule has 5 heteroatoms.